The first-order chi connectivity index (χ1) is 8.49. The number of hydrogen-bond acceptors (Lipinski definition) is 2. The Morgan fingerprint density at radius 2 is 1.94 bits per heavy atom. The third-order valence-corrected chi connectivity index (χ3v) is 4.86. The second-order valence-corrected chi connectivity index (χ2v) is 5.91. The van der Waals surface area contributed by atoms with Crippen LogP contribution in [0.1, 0.15) is 30.4 Å². The Bertz CT molecular complexity index is 450. The van der Waals surface area contributed by atoms with E-state index in [0.29, 0.717) is 0 Å². The van der Waals surface area contributed by atoms with Crippen molar-refractivity contribution in [1.29, 1.82) is 0 Å². The van der Waals surface area contributed by atoms with Gasteiger partial charge in [-0.25, -0.2) is 0 Å². The maximum atomic E-state index is 12.1. The largest absolute Gasteiger partial charge is 0.327 e. The molecule has 2 unspecified atom stereocenters. The van der Waals surface area contributed by atoms with Crippen molar-refractivity contribution in [3.8, 4) is 0 Å². The minimum Gasteiger partial charge on any atom is -0.327 e. The fourth-order valence-electron chi connectivity index (χ4n) is 2.57. The molecule has 0 aromatic heterocycles. The molecule has 1 aliphatic rings. The zero-order valence-corrected chi connectivity index (χ0v) is 12.4. The van der Waals surface area contributed by atoms with Gasteiger partial charge < -0.3 is 11.1 Å². The summed E-state index contributed by atoms with van der Waals surface area (Å²) in [6.07, 6.45) is 2.91. The third kappa shape index (κ3) is 2.75. The Morgan fingerprint density at radius 3 is 2.44 bits per heavy atom. The molecule has 0 heterocycles. The highest BCUT2D eigenvalue weighted by atomic mass is 79.9. The van der Waals surface area contributed by atoms with Crippen molar-refractivity contribution in [2.75, 3.05) is 5.32 Å². The van der Waals surface area contributed by atoms with Crippen LogP contribution < -0.4 is 11.1 Å². The van der Waals surface area contributed by atoms with Crippen molar-refractivity contribution < 1.29 is 4.79 Å². The van der Waals surface area contributed by atoms with Gasteiger partial charge in [0.2, 0.25) is 5.91 Å². The van der Waals surface area contributed by atoms with Crippen molar-refractivity contribution in [1.82, 2.24) is 0 Å². The van der Waals surface area contributed by atoms with Gasteiger partial charge in [0.25, 0.3) is 0 Å². The van der Waals surface area contributed by atoms with Gasteiger partial charge in [0.15, 0.2) is 0 Å². The maximum Gasteiger partial charge on any atom is 0.229 e. The second-order valence-electron chi connectivity index (χ2n) is 5.11. The van der Waals surface area contributed by atoms with Crippen molar-refractivity contribution in [3.05, 3.63) is 27.7 Å². The molecule has 0 spiro atoms. The van der Waals surface area contributed by atoms with Crippen LogP contribution in [0.2, 0.25) is 0 Å². The number of benzene rings is 1. The van der Waals surface area contributed by atoms with Gasteiger partial charge in [-0.05, 0) is 49.9 Å². The number of halogens is 1. The van der Waals surface area contributed by atoms with Crippen LogP contribution in [0.5, 0.6) is 0 Å². The van der Waals surface area contributed by atoms with Gasteiger partial charge in [-0.3, -0.25) is 4.79 Å². The van der Waals surface area contributed by atoms with E-state index < -0.39 is 0 Å². The van der Waals surface area contributed by atoms with Crippen LogP contribution in [-0.4, -0.2) is 11.9 Å². The zero-order chi connectivity index (χ0) is 13.3. The van der Waals surface area contributed by atoms with Gasteiger partial charge in [-0.15, -0.1) is 0 Å². The SMILES string of the molecule is Cc1cc(NC(=O)C2CCCC2N)cc(C)c1Br. The quantitative estimate of drug-likeness (QED) is 0.881. The highest BCUT2D eigenvalue weighted by Gasteiger charge is 2.30. The number of amides is 1. The van der Waals surface area contributed by atoms with E-state index in [2.05, 4.69) is 21.2 Å². The van der Waals surface area contributed by atoms with Crippen LogP contribution in [-0.2, 0) is 4.79 Å². The van der Waals surface area contributed by atoms with Gasteiger partial charge in [0, 0.05) is 16.2 Å². The number of carbonyl (C=O) groups excluding carboxylic acids is 1. The molecule has 0 aliphatic heterocycles. The van der Waals surface area contributed by atoms with E-state index >= 15 is 0 Å². The first-order valence-corrected chi connectivity index (χ1v) is 7.11. The molecule has 1 fully saturated rings. The van der Waals surface area contributed by atoms with Crippen LogP contribution in [0.25, 0.3) is 0 Å². The summed E-state index contributed by atoms with van der Waals surface area (Å²) in [6.45, 7) is 4.04. The molecule has 4 heteroatoms. The van der Waals surface area contributed by atoms with Gasteiger partial charge in [0.05, 0.1) is 5.92 Å². The molecule has 1 saturated carbocycles. The van der Waals surface area contributed by atoms with E-state index in [-0.39, 0.29) is 17.9 Å². The number of nitrogens with two attached hydrogens (primary N) is 1. The van der Waals surface area contributed by atoms with Crippen LogP contribution in [0.15, 0.2) is 16.6 Å². The standard InChI is InChI=1S/C14H19BrN2O/c1-8-6-10(7-9(2)13(8)15)17-14(18)11-4-3-5-12(11)16/h6-7,11-12H,3-5,16H2,1-2H3,(H,17,18). The molecule has 3 nitrogen and oxygen atoms in total. The van der Waals surface area contributed by atoms with Crippen molar-refractivity contribution >= 4 is 27.5 Å². The number of aryl methyl sites for hydroxylation is 2. The van der Waals surface area contributed by atoms with Crippen LogP contribution >= 0.6 is 15.9 Å². The predicted octanol–water partition coefficient (Wildman–Crippen LogP) is 3.13. The molecule has 1 aromatic rings. The normalized spacial score (nSPS) is 23.1. The molecule has 0 bridgehead atoms. The monoisotopic (exact) mass is 310 g/mol. The number of hydrogen-bond donors (Lipinski definition) is 2. The average Bonchev–Trinajstić information content (AvgIpc) is 2.72. The summed E-state index contributed by atoms with van der Waals surface area (Å²) < 4.78 is 1.10. The molecular formula is C14H19BrN2O. The molecule has 2 atom stereocenters. The lowest BCUT2D eigenvalue weighted by Crippen LogP contribution is -2.34. The van der Waals surface area contributed by atoms with E-state index in [9.17, 15) is 4.79 Å². The topological polar surface area (TPSA) is 55.1 Å². The highest BCUT2D eigenvalue weighted by molar-refractivity contribution is 9.10. The predicted molar refractivity (Wildman–Crippen MR) is 77.6 cm³/mol. The van der Waals surface area contributed by atoms with Gasteiger partial charge in [0.1, 0.15) is 0 Å². The fraction of sp³-hybridized carbons (Fsp3) is 0.500. The molecule has 0 saturated heterocycles. The Labute approximate surface area is 116 Å². The Morgan fingerprint density at radius 1 is 1.33 bits per heavy atom. The van der Waals surface area contributed by atoms with E-state index in [1.54, 1.807) is 0 Å². The zero-order valence-electron chi connectivity index (χ0n) is 10.8. The van der Waals surface area contributed by atoms with Crippen molar-refractivity contribution in [2.24, 2.45) is 11.7 Å². The lowest BCUT2D eigenvalue weighted by molar-refractivity contribution is -0.120. The van der Waals surface area contributed by atoms with Gasteiger partial charge in [-0.1, -0.05) is 22.4 Å². The molecule has 18 heavy (non-hydrogen) atoms. The molecule has 1 amide bonds. The minimum absolute atomic E-state index is 0.0163. The summed E-state index contributed by atoms with van der Waals surface area (Å²) in [5, 5.41) is 2.98. The summed E-state index contributed by atoms with van der Waals surface area (Å²) in [7, 11) is 0. The summed E-state index contributed by atoms with van der Waals surface area (Å²) in [6, 6.07) is 3.98. The van der Waals surface area contributed by atoms with Crippen molar-refractivity contribution in [2.45, 2.75) is 39.2 Å². The first-order valence-electron chi connectivity index (χ1n) is 6.32. The second kappa shape index (κ2) is 5.41. The molecule has 1 aliphatic carbocycles. The molecule has 1 aromatic carbocycles. The van der Waals surface area contributed by atoms with Crippen LogP contribution in [0.3, 0.4) is 0 Å². The molecule has 3 N–H and O–H groups in total. The van der Waals surface area contributed by atoms with E-state index in [1.807, 2.05) is 26.0 Å². The Balaban J connectivity index is 2.12. The van der Waals surface area contributed by atoms with Crippen molar-refractivity contribution in [3.63, 3.8) is 0 Å². The van der Waals surface area contributed by atoms with E-state index in [4.69, 9.17) is 5.73 Å². The van der Waals surface area contributed by atoms with Gasteiger partial charge >= 0.3 is 0 Å². The summed E-state index contributed by atoms with van der Waals surface area (Å²) in [4.78, 5) is 12.1. The highest BCUT2D eigenvalue weighted by Crippen LogP contribution is 2.28. The number of carbonyl (C=O) groups is 1. The molecular weight excluding hydrogens is 292 g/mol. The Hall–Kier alpha value is -0.870. The molecule has 98 valence electrons. The first kappa shape index (κ1) is 13.6. The number of anilines is 1. The Kier molecular flexibility index (Phi) is 4.07. The van der Waals surface area contributed by atoms with E-state index in [1.165, 1.54) is 0 Å². The summed E-state index contributed by atoms with van der Waals surface area (Å²) in [5.74, 6) is 0.0235. The lowest BCUT2D eigenvalue weighted by Gasteiger charge is -2.16. The number of rotatable bonds is 2. The van der Waals surface area contributed by atoms with Crippen LogP contribution in [0.4, 0.5) is 5.69 Å². The minimum atomic E-state index is -0.0331. The molecule has 2 rings (SSSR count). The maximum absolute atomic E-state index is 12.1. The number of nitrogens with one attached hydrogen (secondary N) is 1. The van der Waals surface area contributed by atoms with Crippen LogP contribution in [0, 0.1) is 19.8 Å². The molecule has 0 radical (unpaired) electrons. The van der Waals surface area contributed by atoms with E-state index in [0.717, 1.165) is 40.5 Å². The average molecular weight is 311 g/mol. The third-order valence-electron chi connectivity index (χ3n) is 3.61. The van der Waals surface area contributed by atoms with Gasteiger partial charge in [-0.2, -0.15) is 0 Å². The lowest BCUT2D eigenvalue weighted by atomic mass is 10.0. The summed E-state index contributed by atoms with van der Waals surface area (Å²) >= 11 is 3.52. The summed E-state index contributed by atoms with van der Waals surface area (Å²) in [5.41, 5.74) is 9.06. The smallest absolute Gasteiger partial charge is 0.229 e. The fourth-order valence-corrected chi connectivity index (χ4v) is 2.80.